The Labute approximate surface area is 141 Å². The predicted octanol–water partition coefficient (Wildman–Crippen LogP) is 1.95. The zero-order chi connectivity index (χ0) is 17.4. The Kier molecular flexibility index (Phi) is 7.63. The van der Waals surface area contributed by atoms with E-state index in [2.05, 4.69) is 5.32 Å². The van der Waals surface area contributed by atoms with E-state index in [9.17, 15) is 19.7 Å². The lowest BCUT2D eigenvalue weighted by Crippen LogP contribution is -2.43. The molecule has 0 saturated carbocycles. The molecule has 8 nitrogen and oxygen atoms in total. The molecule has 1 aromatic carbocycles. The molecule has 0 spiro atoms. The summed E-state index contributed by atoms with van der Waals surface area (Å²) in [6, 6.07) is 2.58. The van der Waals surface area contributed by atoms with Crippen LogP contribution in [-0.4, -0.2) is 46.6 Å². The first-order chi connectivity index (χ1) is 10.8. The third kappa shape index (κ3) is 6.33. The summed E-state index contributed by atoms with van der Waals surface area (Å²) in [6.07, 6.45) is 2.13. The van der Waals surface area contributed by atoms with Gasteiger partial charge in [-0.25, -0.2) is 4.79 Å². The molecule has 0 unspecified atom stereocenters. The summed E-state index contributed by atoms with van der Waals surface area (Å²) in [5, 5.41) is 21.9. The number of nitro benzene ring substituents is 1. The molecule has 0 radical (unpaired) electrons. The van der Waals surface area contributed by atoms with Gasteiger partial charge in [0.25, 0.3) is 11.6 Å². The fraction of sp³-hybridized carbons (Fsp3) is 0.385. The Balaban J connectivity index is 2.58. The average Bonchev–Trinajstić information content (AvgIpc) is 2.49. The number of carboxylic acids is 1. The molecule has 1 amide bonds. The smallest absolute Gasteiger partial charge is 0.326 e. The molecule has 1 atom stereocenters. The quantitative estimate of drug-likeness (QED) is 0.509. The first kappa shape index (κ1) is 19.0. The molecule has 0 aliphatic heterocycles. The topological polar surface area (TPSA) is 119 Å². The molecule has 0 aliphatic rings. The first-order valence-electron chi connectivity index (χ1n) is 6.43. The maximum absolute atomic E-state index is 11.7. The number of hydrogen-bond acceptors (Lipinski definition) is 6. The molecule has 0 fully saturated rings. The standard InChI is InChI=1S/C13H15ClN2O6S/c1-23-5-4-10(13(18)19)15-12(17)7-22-11-3-2-8(16(20)21)6-9(11)14/h2-3,6,10H,4-5,7H2,1H3,(H,15,17)(H,18,19)/t10-/m0/s1. The number of non-ortho nitro benzene ring substituents is 1. The number of amides is 1. The number of carboxylic acid groups (broad SMARTS) is 1. The van der Waals surface area contributed by atoms with Crippen LogP contribution in [0.3, 0.4) is 0 Å². The van der Waals surface area contributed by atoms with Gasteiger partial charge in [-0.3, -0.25) is 14.9 Å². The number of ether oxygens (including phenoxy) is 1. The van der Waals surface area contributed by atoms with Crippen LogP contribution in [0.1, 0.15) is 6.42 Å². The van der Waals surface area contributed by atoms with Gasteiger partial charge in [0.15, 0.2) is 6.61 Å². The van der Waals surface area contributed by atoms with Crippen LogP contribution >= 0.6 is 23.4 Å². The first-order valence-corrected chi connectivity index (χ1v) is 8.20. The van der Waals surface area contributed by atoms with Crippen LogP contribution in [0.15, 0.2) is 18.2 Å². The van der Waals surface area contributed by atoms with Crippen molar-refractivity contribution in [2.24, 2.45) is 0 Å². The zero-order valence-corrected chi connectivity index (χ0v) is 13.7. The van der Waals surface area contributed by atoms with E-state index in [4.69, 9.17) is 21.4 Å². The molecule has 1 rings (SSSR count). The van der Waals surface area contributed by atoms with Crippen molar-refractivity contribution < 1.29 is 24.4 Å². The minimum atomic E-state index is -1.12. The van der Waals surface area contributed by atoms with E-state index >= 15 is 0 Å². The lowest BCUT2D eigenvalue weighted by molar-refractivity contribution is -0.384. The van der Waals surface area contributed by atoms with Gasteiger partial charge in [0, 0.05) is 12.1 Å². The molecule has 0 aliphatic carbocycles. The van der Waals surface area contributed by atoms with Crippen LogP contribution in [0.2, 0.25) is 5.02 Å². The largest absolute Gasteiger partial charge is 0.482 e. The van der Waals surface area contributed by atoms with Crippen LogP contribution < -0.4 is 10.1 Å². The molecule has 10 heteroatoms. The number of halogens is 1. The number of carbonyl (C=O) groups is 2. The van der Waals surface area contributed by atoms with E-state index in [0.717, 1.165) is 6.07 Å². The lowest BCUT2D eigenvalue weighted by Gasteiger charge is -2.14. The van der Waals surface area contributed by atoms with Gasteiger partial charge in [0.1, 0.15) is 11.8 Å². The lowest BCUT2D eigenvalue weighted by atomic mass is 10.2. The Morgan fingerprint density at radius 3 is 2.74 bits per heavy atom. The summed E-state index contributed by atoms with van der Waals surface area (Å²) in [6.45, 7) is -0.444. The number of nitrogens with zero attached hydrogens (tertiary/aromatic N) is 1. The average molecular weight is 363 g/mol. The molecule has 126 valence electrons. The number of nitro groups is 1. The molecular weight excluding hydrogens is 348 g/mol. The van der Waals surface area contributed by atoms with Crippen molar-refractivity contribution in [3.05, 3.63) is 33.3 Å². The molecule has 2 N–H and O–H groups in total. The Morgan fingerprint density at radius 2 is 2.22 bits per heavy atom. The Morgan fingerprint density at radius 1 is 1.52 bits per heavy atom. The molecule has 23 heavy (non-hydrogen) atoms. The molecule has 0 aromatic heterocycles. The van der Waals surface area contributed by atoms with Crippen molar-refractivity contribution in [2.75, 3.05) is 18.6 Å². The van der Waals surface area contributed by atoms with Crippen molar-refractivity contribution in [1.82, 2.24) is 5.32 Å². The summed E-state index contributed by atoms with van der Waals surface area (Å²) < 4.78 is 5.15. The van der Waals surface area contributed by atoms with Gasteiger partial charge in [0.2, 0.25) is 0 Å². The summed E-state index contributed by atoms with van der Waals surface area (Å²) in [4.78, 5) is 32.7. The van der Waals surface area contributed by atoms with Crippen molar-refractivity contribution in [3.63, 3.8) is 0 Å². The number of carbonyl (C=O) groups excluding carboxylic acids is 1. The SMILES string of the molecule is CSCC[C@H](NC(=O)COc1ccc([N+](=O)[O-])cc1Cl)C(=O)O. The highest BCUT2D eigenvalue weighted by molar-refractivity contribution is 7.98. The molecular formula is C13H15ClN2O6S. The van der Waals surface area contributed by atoms with Crippen molar-refractivity contribution in [2.45, 2.75) is 12.5 Å². The van der Waals surface area contributed by atoms with E-state index in [0.29, 0.717) is 12.2 Å². The van der Waals surface area contributed by atoms with Gasteiger partial charge in [0.05, 0.1) is 9.95 Å². The van der Waals surface area contributed by atoms with Gasteiger partial charge in [-0.15, -0.1) is 0 Å². The highest BCUT2D eigenvalue weighted by atomic mass is 35.5. The van der Waals surface area contributed by atoms with Crippen molar-refractivity contribution in [1.29, 1.82) is 0 Å². The van der Waals surface area contributed by atoms with Gasteiger partial charge in [-0.05, 0) is 24.5 Å². The third-order valence-corrected chi connectivity index (χ3v) is 3.67. The normalized spacial score (nSPS) is 11.6. The number of hydrogen-bond donors (Lipinski definition) is 2. The monoisotopic (exact) mass is 362 g/mol. The minimum absolute atomic E-state index is 0.0100. The fourth-order valence-electron chi connectivity index (χ4n) is 1.59. The molecule has 0 saturated heterocycles. The van der Waals surface area contributed by atoms with Crippen LogP contribution in [0.4, 0.5) is 5.69 Å². The van der Waals surface area contributed by atoms with Crippen LogP contribution in [0, 0.1) is 10.1 Å². The van der Waals surface area contributed by atoms with E-state index in [-0.39, 0.29) is 16.5 Å². The number of nitrogens with one attached hydrogen (secondary N) is 1. The second-order valence-corrected chi connectivity index (χ2v) is 5.79. The fourth-order valence-corrected chi connectivity index (χ4v) is 2.29. The minimum Gasteiger partial charge on any atom is -0.482 e. The van der Waals surface area contributed by atoms with Crippen molar-refractivity contribution >= 4 is 40.9 Å². The van der Waals surface area contributed by atoms with E-state index in [1.807, 2.05) is 6.26 Å². The zero-order valence-electron chi connectivity index (χ0n) is 12.2. The summed E-state index contributed by atoms with van der Waals surface area (Å²) in [5.74, 6) is -1.05. The summed E-state index contributed by atoms with van der Waals surface area (Å²) in [5.41, 5.74) is -0.199. The van der Waals surface area contributed by atoms with Gasteiger partial charge in [-0.2, -0.15) is 11.8 Å². The van der Waals surface area contributed by atoms with Crippen molar-refractivity contribution in [3.8, 4) is 5.75 Å². The Bertz CT molecular complexity index is 598. The second-order valence-electron chi connectivity index (χ2n) is 4.40. The van der Waals surface area contributed by atoms with Gasteiger partial charge in [-0.1, -0.05) is 11.6 Å². The summed E-state index contributed by atoms with van der Waals surface area (Å²) >= 11 is 7.30. The van der Waals surface area contributed by atoms with Gasteiger partial charge >= 0.3 is 5.97 Å². The predicted molar refractivity (Wildman–Crippen MR) is 86.2 cm³/mol. The Hall–Kier alpha value is -2.00. The third-order valence-electron chi connectivity index (χ3n) is 2.73. The molecule has 0 bridgehead atoms. The molecule has 0 heterocycles. The number of rotatable bonds is 9. The van der Waals surface area contributed by atoms with Crippen LogP contribution in [0.25, 0.3) is 0 Å². The van der Waals surface area contributed by atoms with Crippen LogP contribution in [-0.2, 0) is 9.59 Å². The maximum Gasteiger partial charge on any atom is 0.326 e. The summed E-state index contributed by atoms with van der Waals surface area (Å²) in [7, 11) is 0. The van der Waals surface area contributed by atoms with E-state index in [1.165, 1.54) is 23.9 Å². The van der Waals surface area contributed by atoms with Crippen LogP contribution in [0.5, 0.6) is 5.75 Å². The van der Waals surface area contributed by atoms with E-state index < -0.39 is 29.4 Å². The second kappa shape index (κ2) is 9.21. The number of benzene rings is 1. The highest BCUT2D eigenvalue weighted by Crippen LogP contribution is 2.28. The molecule has 1 aromatic rings. The van der Waals surface area contributed by atoms with E-state index in [1.54, 1.807) is 0 Å². The highest BCUT2D eigenvalue weighted by Gasteiger charge is 2.20. The number of aliphatic carboxylic acids is 1. The maximum atomic E-state index is 11.7. The van der Waals surface area contributed by atoms with Gasteiger partial charge < -0.3 is 15.2 Å². The number of thioether (sulfide) groups is 1.